The van der Waals surface area contributed by atoms with E-state index in [1.807, 2.05) is 13.8 Å². The smallest absolute Gasteiger partial charge is 0.307 e. The lowest BCUT2D eigenvalue weighted by atomic mass is 10.1. The summed E-state index contributed by atoms with van der Waals surface area (Å²) in [5, 5.41) is 9.09. The quantitative estimate of drug-likeness (QED) is 0.920. The Morgan fingerprint density at radius 1 is 1.42 bits per heavy atom. The lowest BCUT2D eigenvalue weighted by Gasteiger charge is -2.16. The van der Waals surface area contributed by atoms with Crippen LogP contribution in [0.3, 0.4) is 0 Å². The summed E-state index contributed by atoms with van der Waals surface area (Å²) >= 11 is 3.20. The van der Waals surface area contributed by atoms with Gasteiger partial charge in [-0.3, -0.25) is 9.59 Å². The van der Waals surface area contributed by atoms with Crippen LogP contribution in [0.25, 0.3) is 0 Å². The van der Waals surface area contributed by atoms with E-state index in [1.54, 1.807) is 19.2 Å². The van der Waals surface area contributed by atoms with Crippen molar-refractivity contribution in [3.63, 3.8) is 0 Å². The maximum absolute atomic E-state index is 12.3. The second kappa shape index (κ2) is 4.67. The maximum Gasteiger partial charge on any atom is 0.307 e. The van der Waals surface area contributed by atoms with Crippen molar-refractivity contribution in [2.75, 3.05) is 7.05 Å². The molecular formula is C13H16BrNO4. The molecule has 1 aromatic heterocycles. The van der Waals surface area contributed by atoms with Gasteiger partial charge >= 0.3 is 5.97 Å². The maximum atomic E-state index is 12.3. The highest BCUT2D eigenvalue weighted by Crippen LogP contribution is 2.58. The molecule has 0 bridgehead atoms. The molecule has 0 aliphatic heterocycles. The molecule has 0 aromatic carbocycles. The molecule has 5 nitrogen and oxygen atoms in total. The molecule has 1 N–H and O–H groups in total. The number of carboxylic acid groups (broad SMARTS) is 1. The molecule has 1 fully saturated rings. The number of aliphatic carboxylic acids is 1. The molecule has 0 radical (unpaired) electrons. The van der Waals surface area contributed by atoms with Crippen molar-refractivity contribution in [3.05, 3.63) is 22.6 Å². The van der Waals surface area contributed by atoms with E-state index in [4.69, 9.17) is 9.52 Å². The number of amides is 1. The summed E-state index contributed by atoms with van der Waals surface area (Å²) in [7, 11) is 1.66. The number of furan rings is 1. The molecule has 1 aromatic rings. The van der Waals surface area contributed by atoms with Crippen molar-refractivity contribution in [1.29, 1.82) is 0 Å². The molecule has 1 amide bonds. The van der Waals surface area contributed by atoms with Gasteiger partial charge in [0.05, 0.1) is 18.4 Å². The number of carboxylic acids is 1. The van der Waals surface area contributed by atoms with Gasteiger partial charge in [0, 0.05) is 7.05 Å². The van der Waals surface area contributed by atoms with Crippen LogP contribution >= 0.6 is 15.9 Å². The average molecular weight is 330 g/mol. The molecule has 0 unspecified atom stereocenters. The van der Waals surface area contributed by atoms with Crippen LogP contribution in [0.4, 0.5) is 0 Å². The Labute approximate surface area is 119 Å². The van der Waals surface area contributed by atoms with E-state index < -0.39 is 23.2 Å². The first-order chi connectivity index (χ1) is 8.75. The van der Waals surface area contributed by atoms with Crippen molar-refractivity contribution < 1.29 is 19.1 Å². The Morgan fingerprint density at radius 2 is 2.05 bits per heavy atom. The van der Waals surface area contributed by atoms with Gasteiger partial charge in [-0.2, -0.15) is 0 Å². The van der Waals surface area contributed by atoms with Crippen LogP contribution in [0.2, 0.25) is 0 Å². The molecule has 2 rings (SSSR count). The summed E-state index contributed by atoms with van der Waals surface area (Å²) in [5.41, 5.74) is -0.471. The van der Waals surface area contributed by atoms with Crippen LogP contribution in [0, 0.1) is 17.3 Å². The Balaban J connectivity index is 2.03. The SMILES string of the molecule is CN(Cc1ccc(Br)o1)C(=O)[C@@H]1[C@H](C(=O)O)C1(C)C. The van der Waals surface area contributed by atoms with Crippen molar-refractivity contribution in [2.45, 2.75) is 20.4 Å². The zero-order chi connectivity index (χ0) is 14.4. The Kier molecular flexibility index (Phi) is 3.47. The molecule has 0 saturated heterocycles. The third-order valence-corrected chi connectivity index (χ3v) is 4.18. The van der Waals surface area contributed by atoms with Crippen molar-refractivity contribution in [1.82, 2.24) is 4.90 Å². The summed E-state index contributed by atoms with van der Waals surface area (Å²) in [4.78, 5) is 24.9. The number of hydrogen-bond donors (Lipinski definition) is 1. The van der Waals surface area contributed by atoms with Crippen LogP contribution in [0.5, 0.6) is 0 Å². The number of hydrogen-bond acceptors (Lipinski definition) is 3. The Morgan fingerprint density at radius 3 is 2.47 bits per heavy atom. The minimum atomic E-state index is -0.905. The zero-order valence-electron chi connectivity index (χ0n) is 11.0. The van der Waals surface area contributed by atoms with E-state index in [2.05, 4.69) is 15.9 Å². The van der Waals surface area contributed by atoms with Gasteiger partial charge in [0.25, 0.3) is 0 Å². The van der Waals surface area contributed by atoms with Crippen LogP contribution in [0.15, 0.2) is 21.2 Å². The highest BCUT2D eigenvalue weighted by atomic mass is 79.9. The summed E-state index contributed by atoms with van der Waals surface area (Å²) in [6.07, 6.45) is 0. The molecule has 1 aliphatic carbocycles. The number of nitrogens with zero attached hydrogens (tertiary/aromatic N) is 1. The average Bonchev–Trinajstić information content (AvgIpc) is 2.63. The van der Waals surface area contributed by atoms with E-state index >= 15 is 0 Å². The third kappa shape index (κ3) is 2.54. The predicted molar refractivity (Wildman–Crippen MR) is 71.3 cm³/mol. The fraction of sp³-hybridized carbons (Fsp3) is 0.538. The molecule has 2 atom stereocenters. The normalized spacial score (nSPS) is 24.0. The first-order valence-electron chi connectivity index (χ1n) is 5.97. The van der Waals surface area contributed by atoms with Crippen molar-refractivity contribution in [2.24, 2.45) is 17.3 Å². The number of rotatable bonds is 4. The summed E-state index contributed by atoms with van der Waals surface area (Å²) in [6.45, 7) is 3.96. The van der Waals surface area contributed by atoms with E-state index in [1.165, 1.54) is 4.90 Å². The van der Waals surface area contributed by atoms with E-state index in [-0.39, 0.29) is 5.91 Å². The largest absolute Gasteiger partial charge is 0.481 e. The van der Waals surface area contributed by atoms with Gasteiger partial charge < -0.3 is 14.4 Å². The van der Waals surface area contributed by atoms with Crippen molar-refractivity contribution >= 4 is 27.8 Å². The van der Waals surface area contributed by atoms with Gasteiger partial charge in [0.1, 0.15) is 5.76 Å². The number of halogens is 1. The molecule has 1 heterocycles. The molecule has 104 valence electrons. The third-order valence-electron chi connectivity index (χ3n) is 3.76. The molecule has 6 heteroatoms. The predicted octanol–water partition coefficient (Wildman–Crippen LogP) is 2.36. The fourth-order valence-corrected chi connectivity index (χ4v) is 2.89. The minimum Gasteiger partial charge on any atom is -0.481 e. The summed E-state index contributed by atoms with van der Waals surface area (Å²) in [6, 6.07) is 3.54. The Hall–Kier alpha value is -1.30. The van der Waals surface area contributed by atoms with Crippen LogP contribution in [0.1, 0.15) is 19.6 Å². The van der Waals surface area contributed by atoms with Gasteiger partial charge in [0.2, 0.25) is 5.91 Å². The van der Waals surface area contributed by atoms with Gasteiger partial charge in [-0.25, -0.2) is 0 Å². The highest BCUT2D eigenvalue weighted by Gasteiger charge is 2.66. The first-order valence-corrected chi connectivity index (χ1v) is 6.76. The van der Waals surface area contributed by atoms with Crippen LogP contribution in [-0.2, 0) is 16.1 Å². The topological polar surface area (TPSA) is 70.8 Å². The van der Waals surface area contributed by atoms with Crippen LogP contribution < -0.4 is 0 Å². The zero-order valence-corrected chi connectivity index (χ0v) is 12.6. The van der Waals surface area contributed by atoms with E-state index in [9.17, 15) is 9.59 Å². The standard InChI is InChI=1S/C13H16BrNO4/c1-13(2)9(10(13)12(17)18)11(16)15(3)6-7-4-5-8(14)19-7/h4-5,9-10H,6H2,1-3H3,(H,17,18)/t9-,10+/m0/s1. The highest BCUT2D eigenvalue weighted by molar-refractivity contribution is 9.10. The fourth-order valence-electron chi connectivity index (χ4n) is 2.55. The van der Waals surface area contributed by atoms with Crippen molar-refractivity contribution in [3.8, 4) is 0 Å². The molecule has 1 saturated carbocycles. The van der Waals surface area contributed by atoms with Gasteiger partial charge in [-0.05, 0) is 33.5 Å². The van der Waals surface area contributed by atoms with Gasteiger partial charge in [-0.15, -0.1) is 0 Å². The second-order valence-electron chi connectivity index (χ2n) is 5.52. The minimum absolute atomic E-state index is 0.148. The molecule has 0 spiro atoms. The molecular weight excluding hydrogens is 314 g/mol. The summed E-state index contributed by atoms with van der Waals surface area (Å²) in [5.74, 6) is -1.44. The second-order valence-corrected chi connectivity index (χ2v) is 6.30. The monoisotopic (exact) mass is 329 g/mol. The van der Waals surface area contributed by atoms with Crippen LogP contribution in [-0.4, -0.2) is 28.9 Å². The lowest BCUT2D eigenvalue weighted by molar-refractivity contribution is -0.141. The van der Waals surface area contributed by atoms with Gasteiger partial charge in [0.15, 0.2) is 4.67 Å². The number of carbonyl (C=O) groups is 2. The molecule has 1 aliphatic rings. The lowest BCUT2D eigenvalue weighted by Crippen LogP contribution is -2.29. The molecule has 19 heavy (non-hydrogen) atoms. The summed E-state index contributed by atoms with van der Waals surface area (Å²) < 4.78 is 5.95. The Bertz CT molecular complexity index is 522. The van der Waals surface area contributed by atoms with E-state index in [0.717, 1.165) is 0 Å². The first kappa shape index (κ1) is 14.1. The van der Waals surface area contributed by atoms with Gasteiger partial charge in [-0.1, -0.05) is 13.8 Å². The van der Waals surface area contributed by atoms with E-state index in [0.29, 0.717) is 17.0 Å². The number of carbonyl (C=O) groups excluding carboxylic acids is 1.